The van der Waals surface area contributed by atoms with Crippen molar-refractivity contribution in [1.82, 2.24) is 19.3 Å². The lowest BCUT2D eigenvalue weighted by Gasteiger charge is -2.33. The van der Waals surface area contributed by atoms with Crippen LogP contribution < -0.4 is 0 Å². The van der Waals surface area contributed by atoms with Crippen molar-refractivity contribution in [2.24, 2.45) is 5.92 Å². The number of rotatable bonds is 7. The summed E-state index contributed by atoms with van der Waals surface area (Å²) in [6.07, 6.45) is 0.797. The fourth-order valence-electron chi connectivity index (χ4n) is 3.30. The second-order valence-corrected chi connectivity index (χ2v) is 10.0. The van der Waals surface area contributed by atoms with Crippen molar-refractivity contribution in [3.05, 3.63) is 41.5 Å². The Kier molecular flexibility index (Phi) is 6.52. The molecule has 0 N–H and O–H groups in total. The zero-order chi connectivity index (χ0) is 20.3. The van der Waals surface area contributed by atoms with Gasteiger partial charge >= 0.3 is 0 Å². The molecule has 8 heteroatoms. The Hall–Kier alpha value is -1.77. The summed E-state index contributed by atoms with van der Waals surface area (Å²) in [5.41, 5.74) is 1.14. The van der Waals surface area contributed by atoms with Crippen LogP contribution in [0.25, 0.3) is 0 Å². The van der Waals surface area contributed by atoms with Crippen LogP contribution in [-0.4, -0.2) is 53.9 Å². The SMILES string of the molecule is CC(C)Cc1noc(CN2CCN(S(=O)(=O)c3ccc(C(C)C)cc3)CC2)n1. The topological polar surface area (TPSA) is 79.5 Å². The van der Waals surface area contributed by atoms with Crippen molar-refractivity contribution < 1.29 is 12.9 Å². The molecular formula is C20H30N4O3S. The number of aromatic nitrogens is 2. The number of piperazine rings is 1. The predicted octanol–water partition coefficient (Wildman–Crippen LogP) is 2.90. The lowest BCUT2D eigenvalue weighted by atomic mass is 10.0. The van der Waals surface area contributed by atoms with Gasteiger partial charge in [0.05, 0.1) is 11.4 Å². The fourth-order valence-corrected chi connectivity index (χ4v) is 4.72. The van der Waals surface area contributed by atoms with Gasteiger partial charge in [0.25, 0.3) is 0 Å². The van der Waals surface area contributed by atoms with E-state index in [2.05, 4.69) is 42.7 Å². The molecule has 1 aliphatic rings. The van der Waals surface area contributed by atoms with Crippen LogP contribution in [0.5, 0.6) is 0 Å². The van der Waals surface area contributed by atoms with Gasteiger partial charge in [-0.2, -0.15) is 9.29 Å². The van der Waals surface area contributed by atoms with E-state index in [1.165, 1.54) is 0 Å². The minimum absolute atomic E-state index is 0.362. The van der Waals surface area contributed by atoms with Gasteiger partial charge in [-0.1, -0.05) is 45.0 Å². The van der Waals surface area contributed by atoms with E-state index in [-0.39, 0.29) is 0 Å². The standard InChI is InChI=1S/C20H30N4O3S/c1-15(2)13-19-21-20(27-22-19)14-23-9-11-24(12-10-23)28(25,26)18-7-5-17(6-8-18)16(3)4/h5-8,15-16H,9-14H2,1-4H3. The third-order valence-corrected chi connectivity index (χ3v) is 6.89. The molecule has 1 aromatic carbocycles. The van der Waals surface area contributed by atoms with Crippen LogP contribution in [0.4, 0.5) is 0 Å². The first kappa shape index (κ1) is 21.0. The summed E-state index contributed by atoms with van der Waals surface area (Å²) in [6, 6.07) is 7.23. The Morgan fingerprint density at radius 3 is 2.25 bits per heavy atom. The largest absolute Gasteiger partial charge is 0.338 e. The second kappa shape index (κ2) is 8.71. The van der Waals surface area contributed by atoms with Gasteiger partial charge in [0.1, 0.15) is 0 Å². The van der Waals surface area contributed by atoms with Gasteiger partial charge in [-0.05, 0) is 29.5 Å². The molecule has 3 rings (SSSR count). The summed E-state index contributed by atoms with van der Waals surface area (Å²) in [6.45, 7) is 11.2. The molecule has 154 valence electrons. The van der Waals surface area contributed by atoms with Crippen LogP contribution >= 0.6 is 0 Å². The van der Waals surface area contributed by atoms with E-state index in [0.717, 1.165) is 17.8 Å². The summed E-state index contributed by atoms with van der Waals surface area (Å²) in [5, 5.41) is 4.02. The van der Waals surface area contributed by atoms with Crippen molar-refractivity contribution in [1.29, 1.82) is 0 Å². The van der Waals surface area contributed by atoms with Gasteiger partial charge in [-0.25, -0.2) is 8.42 Å². The van der Waals surface area contributed by atoms with Crippen LogP contribution in [0.1, 0.15) is 50.9 Å². The third-order valence-electron chi connectivity index (χ3n) is 4.98. The maximum Gasteiger partial charge on any atom is 0.243 e. The van der Waals surface area contributed by atoms with Gasteiger partial charge in [-0.15, -0.1) is 0 Å². The van der Waals surface area contributed by atoms with E-state index in [4.69, 9.17) is 4.52 Å². The molecule has 0 saturated carbocycles. The molecule has 2 aromatic rings. The molecule has 0 unspecified atom stereocenters. The van der Waals surface area contributed by atoms with Gasteiger partial charge in [0.2, 0.25) is 15.9 Å². The van der Waals surface area contributed by atoms with Crippen LogP contribution in [0.15, 0.2) is 33.7 Å². The first-order valence-electron chi connectivity index (χ1n) is 9.89. The third kappa shape index (κ3) is 4.98. The maximum absolute atomic E-state index is 12.9. The van der Waals surface area contributed by atoms with E-state index in [9.17, 15) is 8.42 Å². The van der Waals surface area contributed by atoms with E-state index in [1.807, 2.05) is 12.1 Å². The highest BCUT2D eigenvalue weighted by Gasteiger charge is 2.29. The minimum atomic E-state index is -3.45. The molecule has 1 fully saturated rings. The first-order valence-corrected chi connectivity index (χ1v) is 11.3. The molecule has 2 heterocycles. The zero-order valence-corrected chi connectivity index (χ0v) is 17.9. The molecular weight excluding hydrogens is 376 g/mol. The molecule has 1 saturated heterocycles. The molecule has 7 nitrogen and oxygen atoms in total. The Balaban J connectivity index is 1.57. The van der Waals surface area contributed by atoms with Crippen molar-refractivity contribution in [2.75, 3.05) is 26.2 Å². The number of sulfonamides is 1. The molecule has 0 atom stereocenters. The van der Waals surface area contributed by atoms with Crippen LogP contribution in [0, 0.1) is 5.92 Å². The Morgan fingerprint density at radius 2 is 1.68 bits per heavy atom. The summed E-state index contributed by atoms with van der Waals surface area (Å²) >= 11 is 0. The van der Waals surface area contributed by atoms with Crippen molar-refractivity contribution >= 4 is 10.0 Å². The summed E-state index contributed by atoms with van der Waals surface area (Å²) in [7, 11) is -3.45. The van der Waals surface area contributed by atoms with E-state index in [1.54, 1.807) is 16.4 Å². The van der Waals surface area contributed by atoms with Gasteiger partial charge in [0, 0.05) is 32.6 Å². The molecule has 0 bridgehead atoms. The van der Waals surface area contributed by atoms with Crippen molar-refractivity contribution in [2.45, 2.75) is 51.5 Å². The highest BCUT2D eigenvalue weighted by Crippen LogP contribution is 2.21. The molecule has 1 aliphatic heterocycles. The quantitative estimate of drug-likeness (QED) is 0.703. The van der Waals surface area contributed by atoms with E-state index >= 15 is 0 Å². The molecule has 28 heavy (non-hydrogen) atoms. The van der Waals surface area contributed by atoms with Gasteiger partial charge in [-0.3, -0.25) is 4.90 Å². The smallest absolute Gasteiger partial charge is 0.243 e. The van der Waals surface area contributed by atoms with Crippen LogP contribution in [-0.2, 0) is 23.0 Å². The molecule has 0 radical (unpaired) electrons. The fraction of sp³-hybridized carbons (Fsp3) is 0.600. The lowest BCUT2D eigenvalue weighted by Crippen LogP contribution is -2.48. The number of benzene rings is 1. The average Bonchev–Trinajstić information content (AvgIpc) is 3.08. The summed E-state index contributed by atoms with van der Waals surface area (Å²) < 4.78 is 32.7. The normalized spacial score (nSPS) is 16.9. The monoisotopic (exact) mass is 406 g/mol. The highest BCUT2D eigenvalue weighted by atomic mass is 32.2. The first-order chi connectivity index (χ1) is 13.3. The Bertz CT molecular complexity index is 867. The highest BCUT2D eigenvalue weighted by molar-refractivity contribution is 7.89. The average molecular weight is 407 g/mol. The number of hydrogen-bond donors (Lipinski definition) is 0. The Labute approximate surface area is 167 Å². The minimum Gasteiger partial charge on any atom is -0.338 e. The molecule has 0 amide bonds. The van der Waals surface area contributed by atoms with Crippen molar-refractivity contribution in [3.8, 4) is 0 Å². The summed E-state index contributed by atoms with van der Waals surface area (Å²) in [5.74, 6) is 2.19. The van der Waals surface area contributed by atoms with Crippen LogP contribution in [0.2, 0.25) is 0 Å². The Morgan fingerprint density at radius 1 is 1.04 bits per heavy atom. The molecule has 0 aliphatic carbocycles. The molecule has 1 aromatic heterocycles. The van der Waals surface area contributed by atoms with Gasteiger partial charge < -0.3 is 4.52 Å². The zero-order valence-electron chi connectivity index (χ0n) is 17.1. The lowest BCUT2D eigenvalue weighted by molar-refractivity contribution is 0.163. The molecule has 0 spiro atoms. The maximum atomic E-state index is 12.9. The predicted molar refractivity (Wildman–Crippen MR) is 107 cm³/mol. The number of hydrogen-bond acceptors (Lipinski definition) is 6. The van der Waals surface area contributed by atoms with E-state index < -0.39 is 10.0 Å². The van der Waals surface area contributed by atoms with Crippen molar-refractivity contribution in [3.63, 3.8) is 0 Å². The second-order valence-electron chi connectivity index (χ2n) is 8.11. The number of nitrogens with zero attached hydrogens (tertiary/aromatic N) is 4. The van der Waals surface area contributed by atoms with Gasteiger partial charge in [0.15, 0.2) is 5.82 Å². The summed E-state index contributed by atoms with van der Waals surface area (Å²) in [4.78, 5) is 6.95. The van der Waals surface area contributed by atoms with E-state index in [0.29, 0.717) is 55.3 Å². The van der Waals surface area contributed by atoms with Crippen LogP contribution in [0.3, 0.4) is 0 Å².